The van der Waals surface area contributed by atoms with Crippen LogP contribution >= 0.6 is 0 Å². The van der Waals surface area contributed by atoms with E-state index < -0.39 is 0 Å². The van der Waals surface area contributed by atoms with Crippen LogP contribution in [-0.4, -0.2) is 68.9 Å². The Hall–Kier alpha value is -2.19. The monoisotopic (exact) mass is 387 g/mol. The van der Waals surface area contributed by atoms with Gasteiger partial charge in [-0.2, -0.15) is 5.10 Å². The molecule has 0 atom stereocenters. The lowest BCUT2D eigenvalue weighted by molar-refractivity contribution is -0.151. The average Bonchev–Trinajstić information content (AvgIpc) is 3.34. The predicted octanol–water partition coefficient (Wildman–Crippen LogP) is 1.85. The molecule has 2 aliphatic rings. The summed E-state index contributed by atoms with van der Waals surface area (Å²) >= 11 is 0. The van der Waals surface area contributed by atoms with E-state index in [9.17, 15) is 4.79 Å². The van der Waals surface area contributed by atoms with Crippen LogP contribution in [0.25, 0.3) is 0 Å². The molecule has 2 saturated heterocycles. The Morgan fingerprint density at radius 3 is 2.82 bits per heavy atom. The number of nitrogens with zero attached hydrogens (tertiary/aromatic N) is 5. The molecule has 1 amide bonds. The van der Waals surface area contributed by atoms with Crippen LogP contribution < -0.4 is 0 Å². The Bertz CT molecular complexity index is 765. The van der Waals surface area contributed by atoms with Crippen LogP contribution in [0.4, 0.5) is 0 Å². The van der Waals surface area contributed by atoms with Crippen molar-refractivity contribution in [2.24, 2.45) is 0 Å². The number of piperidine rings is 1. The van der Waals surface area contributed by atoms with Crippen LogP contribution in [0.3, 0.4) is 0 Å². The molecule has 0 radical (unpaired) electrons. The van der Waals surface area contributed by atoms with Gasteiger partial charge in [-0.1, -0.05) is 0 Å². The van der Waals surface area contributed by atoms with E-state index in [1.165, 1.54) is 6.33 Å². The lowest BCUT2D eigenvalue weighted by atomic mass is 9.89. The molecule has 2 aromatic heterocycles. The average molecular weight is 387 g/mol. The summed E-state index contributed by atoms with van der Waals surface area (Å²) in [6, 6.07) is 4.07. The molecule has 1 spiro atoms. The second kappa shape index (κ2) is 8.45. The molecule has 152 valence electrons. The normalized spacial score (nSPS) is 20.0. The molecule has 2 aliphatic heterocycles. The van der Waals surface area contributed by atoms with Crippen LogP contribution in [0.15, 0.2) is 29.2 Å². The van der Waals surface area contributed by atoms with Crippen LogP contribution in [0.5, 0.6) is 0 Å². The van der Waals surface area contributed by atoms with Crippen molar-refractivity contribution in [1.82, 2.24) is 24.6 Å². The fourth-order valence-electron chi connectivity index (χ4n) is 4.21. The maximum Gasteiger partial charge on any atom is 0.222 e. The Labute approximate surface area is 165 Å². The molecular weight excluding hydrogens is 358 g/mol. The highest BCUT2D eigenvalue weighted by molar-refractivity contribution is 5.76. The highest BCUT2D eigenvalue weighted by Crippen LogP contribution is 2.31. The number of rotatable bonds is 6. The highest BCUT2D eigenvalue weighted by Gasteiger charge is 2.40. The van der Waals surface area contributed by atoms with Crippen molar-refractivity contribution < 1.29 is 13.9 Å². The first-order valence-corrected chi connectivity index (χ1v) is 10.1. The molecule has 8 heteroatoms. The third-order valence-electron chi connectivity index (χ3n) is 5.77. The Morgan fingerprint density at radius 2 is 2.11 bits per heavy atom. The van der Waals surface area contributed by atoms with Gasteiger partial charge in [0.25, 0.3) is 0 Å². The van der Waals surface area contributed by atoms with Gasteiger partial charge < -0.3 is 14.1 Å². The topological polar surface area (TPSA) is 76.6 Å². The lowest BCUT2D eigenvalue weighted by Gasteiger charge is -2.47. The van der Waals surface area contributed by atoms with Crippen LogP contribution in [0.1, 0.15) is 37.2 Å². The summed E-state index contributed by atoms with van der Waals surface area (Å²) in [6.07, 6.45) is 6.34. The largest absolute Gasteiger partial charge is 0.465 e. The van der Waals surface area contributed by atoms with Gasteiger partial charge >= 0.3 is 0 Å². The molecule has 0 N–H and O–H groups in total. The Balaban J connectivity index is 1.23. The van der Waals surface area contributed by atoms with Crippen LogP contribution in [0, 0.1) is 6.92 Å². The van der Waals surface area contributed by atoms with E-state index in [4.69, 9.17) is 9.15 Å². The minimum Gasteiger partial charge on any atom is -0.465 e. The summed E-state index contributed by atoms with van der Waals surface area (Å²) in [7, 11) is 0. The number of carbonyl (C=O) groups excluding carboxylic acids is 1. The van der Waals surface area contributed by atoms with Crippen LogP contribution in [0.2, 0.25) is 0 Å². The molecule has 0 saturated carbocycles. The van der Waals surface area contributed by atoms with Crippen molar-refractivity contribution >= 4 is 5.91 Å². The lowest BCUT2D eigenvalue weighted by Crippen LogP contribution is -2.57. The first-order chi connectivity index (χ1) is 13.6. The fraction of sp³-hybridized carbons (Fsp3) is 0.650. The minimum atomic E-state index is -0.128. The van der Waals surface area contributed by atoms with Gasteiger partial charge in [0.1, 0.15) is 24.2 Å². The predicted molar refractivity (Wildman–Crippen MR) is 102 cm³/mol. The van der Waals surface area contributed by atoms with E-state index in [0.717, 1.165) is 76.7 Å². The number of aryl methyl sites for hydroxylation is 2. The zero-order chi connectivity index (χ0) is 19.4. The second-order valence-electron chi connectivity index (χ2n) is 7.90. The van der Waals surface area contributed by atoms with Gasteiger partial charge in [-0.05, 0) is 38.3 Å². The summed E-state index contributed by atoms with van der Waals surface area (Å²) in [5.74, 6) is 2.19. The van der Waals surface area contributed by atoms with E-state index in [1.807, 2.05) is 17.9 Å². The first kappa shape index (κ1) is 19.1. The maximum atomic E-state index is 12.5. The number of hydrogen-bond donors (Lipinski definition) is 0. The van der Waals surface area contributed by atoms with Crippen molar-refractivity contribution in [2.45, 2.75) is 51.3 Å². The molecule has 4 rings (SSSR count). The number of furan rings is 1. The summed E-state index contributed by atoms with van der Waals surface area (Å²) in [5.41, 5.74) is -0.128. The Morgan fingerprint density at radius 1 is 1.25 bits per heavy atom. The molecule has 8 nitrogen and oxygen atoms in total. The van der Waals surface area contributed by atoms with Gasteiger partial charge in [0.2, 0.25) is 5.91 Å². The first-order valence-electron chi connectivity index (χ1n) is 10.1. The van der Waals surface area contributed by atoms with Crippen LogP contribution in [-0.2, 0) is 22.6 Å². The van der Waals surface area contributed by atoms with Gasteiger partial charge in [0.15, 0.2) is 0 Å². The summed E-state index contributed by atoms with van der Waals surface area (Å²) in [5, 5.41) is 4.07. The zero-order valence-corrected chi connectivity index (χ0v) is 16.5. The molecule has 28 heavy (non-hydrogen) atoms. The number of likely N-dealkylation sites (tertiary alicyclic amines) is 1. The second-order valence-corrected chi connectivity index (χ2v) is 7.90. The smallest absolute Gasteiger partial charge is 0.222 e. The molecule has 2 aromatic rings. The summed E-state index contributed by atoms with van der Waals surface area (Å²) < 4.78 is 13.7. The van der Waals surface area contributed by atoms with E-state index in [1.54, 1.807) is 11.0 Å². The SMILES string of the molecule is Cc1ccc(CN2CCOC3(CCN(C(=O)CCCn4cncn4)CC3)C2)o1. The van der Waals surface area contributed by atoms with Gasteiger partial charge in [0, 0.05) is 39.1 Å². The minimum absolute atomic E-state index is 0.128. The van der Waals surface area contributed by atoms with Crippen molar-refractivity contribution in [3.05, 3.63) is 36.3 Å². The van der Waals surface area contributed by atoms with Crippen molar-refractivity contribution in [3.8, 4) is 0 Å². The summed E-state index contributed by atoms with van der Waals surface area (Å²) in [4.78, 5) is 20.9. The zero-order valence-electron chi connectivity index (χ0n) is 16.5. The van der Waals surface area contributed by atoms with Gasteiger partial charge in [-0.3, -0.25) is 14.4 Å². The maximum absolute atomic E-state index is 12.5. The van der Waals surface area contributed by atoms with Crippen molar-refractivity contribution in [3.63, 3.8) is 0 Å². The van der Waals surface area contributed by atoms with Gasteiger partial charge in [0.05, 0.1) is 18.8 Å². The molecule has 0 aliphatic carbocycles. The van der Waals surface area contributed by atoms with Gasteiger partial charge in [-0.25, -0.2) is 4.98 Å². The molecule has 0 aromatic carbocycles. The number of hydrogen-bond acceptors (Lipinski definition) is 6. The molecule has 2 fully saturated rings. The van der Waals surface area contributed by atoms with E-state index in [0.29, 0.717) is 6.42 Å². The number of morpholine rings is 1. The van der Waals surface area contributed by atoms with E-state index in [2.05, 4.69) is 21.0 Å². The van der Waals surface area contributed by atoms with E-state index in [-0.39, 0.29) is 11.5 Å². The van der Waals surface area contributed by atoms with Gasteiger partial charge in [-0.15, -0.1) is 0 Å². The third kappa shape index (κ3) is 4.62. The molecule has 0 unspecified atom stereocenters. The quantitative estimate of drug-likeness (QED) is 0.753. The standard InChI is InChI=1S/C20H29N5O3/c1-17-4-5-18(28-17)13-23-11-12-27-20(14-23)6-9-24(10-7-20)19(26)3-2-8-25-16-21-15-22-25/h4-5,15-16H,2-3,6-14H2,1H3. The Kier molecular flexibility index (Phi) is 5.77. The third-order valence-corrected chi connectivity index (χ3v) is 5.77. The fourth-order valence-corrected chi connectivity index (χ4v) is 4.21. The number of aromatic nitrogens is 3. The molecule has 0 bridgehead atoms. The summed E-state index contributed by atoms with van der Waals surface area (Å²) in [6.45, 7) is 7.64. The van der Waals surface area contributed by atoms with Crippen molar-refractivity contribution in [2.75, 3.05) is 32.8 Å². The van der Waals surface area contributed by atoms with Crippen molar-refractivity contribution in [1.29, 1.82) is 0 Å². The number of amides is 1. The van der Waals surface area contributed by atoms with E-state index >= 15 is 0 Å². The molecular formula is C20H29N5O3. The highest BCUT2D eigenvalue weighted by atomic mass is 16.5. The molecule has 4 heterocycles. The number of carbonyl (C=O) groups is 1. The number of ether oxygens (including phenoxy) is 1.